The van der Waals surface area contributed by atoms with E-state index in [9.17, 15) is 14.9 Å². The summed E-state index contributed by atoms with van der Waals surface area (Å²) in [5, 5.41) is 19.5. The van der Waals surface area contributed by atoms with Gasteiger partial charge in [0, 0.05) is 6.07 Å². The summed E-state index contributed by atoms with van der Waals surface area (Å²) >= 11 is 2.97. The van der Waals surface area contributed by atoms with Gasteiger partial charge in [-0.1, -0.05) is 15.9 Å². The average molecular weight is 283 g/mol. The van der Waals surface area contributed by atoms with Gasteiger partial charge in [0.25, 0.3) is 5.69 Å². The first-order valence-corrected chi connectivity index (χ1v) is 5.41. The number of nitrogens with zero attached hydrogens (tertiary/aromatic N) is 2. The van der Waals surface area contributed by atoms with Gasteiger partial charge < -0.3 is 0 Å². The second kappa shape index (κ2) is 4.86. The Morgan fingerprint density at radius 2 is 2.25 bits per heavy atom. The van der Waals surface area contributed by atoms with Crippen LogP contribution in [-0.4, -0.2) is 16.0 Å². The predicted octanol–water partition coefficient (Wildman–Crippen LogP) is 2.35. The number of ketones is 1. The van der Waals surface area contributed by atoms with Gasteiger partial charge in [0.2, 0.25) is 0 Å². The summed E-state index contributed by atoms with van der Waals surface area (Å²) in [7, 11) is 0. The molecule has 0 N–H and O–H groups in total. The van der Waals surface area contributed by atoms with Gasteiger partial charge in [-0.25, -0.2) is 0 Å². The van der Waals surface area contributed by atoms with Gasteiger partial charge in [0.1, 0.15) is 0 Å². The minimum absolute atomic E-state index is 0.0145. The molecule has 0 amide bonds. The molecule has 16 heavy (non-hydrogen) atoms. The molecule has 0 aliphatic heterocycles. The summed E-state index contributed by atoms with van der Waals surface area (Å²) < 4.78 is 0. The number of benzene rings is 1. The van der Waals surface area contributed by atoms with Crippen molar-refractivity contribution in [2.24, 2.45) is 0 Å². The summed E-state index contributed by atoms with van der Waals surface area (Å²) in [4.78, 5) is 21.7. The zero-order valence-electron chi connectivity index (χ0n) is 8.36. The third-order valence-corrected chi connectivity index (χ3v) is 2.55. The van der Waals surface area contributed by atoms with Gasteiger partial charge in [0.05, 0.1) is 27.4 Å². The number of halogens is 1. The molecule has 0 saturated heterocycles. The maximum atomic E-state index is 11.5. The maximum Gasteiger partial charge on any atom is 0.281 e. The second-order valence-corrected chi connectivity index (χ2v) is 3.67. The highest BCUT2D eigenvalue weighted by atomic mass is 79.9. The molecule has 5 nitrogen and oxygen atoms in total. The van der Waals surface area contributed by atoms with Crippen LogP contribution in [0.3, 0.4) is 0 Å². The van der Waals surface area contributed by atoms with E-state index in [0.717, 1.165) is 6.07 Å². The molecule has 6 heteroatoms. The normalized spacial score (nSPS) is 9.56. The second-order valence-electron chi connectivity index (χ2n) is 3.11. The molecule has 0 aliphatic carbocycles. The van der Waals surface area contributed by atoms with Crippen LogP contribution >= 0.6 is 15.9 Å². The number of carbonyl (C=O) groups is 1. The Morgan fingerprint density at radius 1 is 1.62 bits per heavy atom. The Labute approximate surface area is 100.0 Å². The first kappa shape index (κ1) is 12.3. The van der Waals surface area contributed by atoms with Crippen molar-refractivity contribution >= 4 is 27.4 Å². The van der Waals surface area contributed by atoms with Crippen LogP contribution in [-0.2, 0) is 0 Å². The smallest absolute Gasteiger partial charge is 0.281 e. The van der Waals surface area contributed by atoms with Crippen LogP contribution in [0.25, 0.3) is 0 Å². The van der Waals surface area contributed by atoms with Crippen LogP contribution in [0.15, 0.2) is 12.1 Å². The minimum atomic E-state index is -0.649. The molecule has 0 aliphatic rings. The number of Topliss-reactive ketones (excluding diaryl/α,β-unsaturated/α-hetero) is 1. The standard InChI is InChI=1S/C10H7BrN2O3/c1-6-2-7(5-12)3-8(13(15)16)10(6)9(14)4-11/h2-3H,4H2,1H3. The number of hydrogen-bond donors (Lipinski definition) is 0. The molecule has 0 aromatic heterocycles. The zero-order valence-corrected chi connectivity index (χ0v) is 9.94. The molecule has 1 aromatic carbocycles. The largest absolute Gasteiger partial charge is 0.293 e. The molecule has 0 heterocycles. The quantitative estimate of drug-likeness (QED) is 0.369. The fourth-order valence-electron chi connectivity index (χ4n) is 1.41. The van der Waals surface area contributed by atoms with Crippen molar-refractivity contribution in [1.82, 2.24) is 0 Å². The molecular weight excluding hydrogens is 276 g/mol. The highest BCUT2D eigenvalue weighted by Crippen LogP contribution is 2.25. The number of nitro groups is 1. The molecule has 0 fully saturated rings. The zero-order chi connectivity index (χ0) is 12.3. The van der Waals surface area contributed by atoms with Gasteiger partial charge in [-0.2, -0.15) is 5.26 Å². The molecule has 82 valence electrons. The van der Waals surface area contributed by atoms with Crippen LogP contribution in [0, 0.1) is 28.4 Å². The van der Waals surface area contributed by atoms with Crippen LogP contribution in [0.2, 0.25) is 0 Å². The third kappa shape index (κ3) is 2.25. The first-order chi connectivity index (χ1) is 7.51. The van der Waals surface area contributed by atoms with E-state index in [1.54, 1.807) is 6.92 Å². The van der Waals surface area contributed by atoms with E-state index >= 15 is 0 Å². The van der Waals surface area contributed by atoms with E-state index in [2.05, 4.69) is 15.9 Å². The van der Waals surface area contributed by atoms with Gasteiger partial charge in [-0.05, 0) is 18.6 Å². The summed E-state index contributed by atoms with van der Waals surface area (Å²) in [5.41, 5.74) is 0.354. The fraction of sp³-hybridized carbons (Fsp3) is 0.200. The van der Waals surface area contributed by atoms with Crippen molar-refractivity contribution in [3.63, 3.8) is 0 Å². The molecule has 0 bridgehead atoms. The Bertz CT molecular complexity index is 506. The SMILES string of the molecule is Cc1cc(C#N)cc([N+](=O)[O-])c1C(=O)CBr. The summed E-state index contributed by atoms with van der Waals surface area (Å²) in [6.45, 7) is 1.57. The van der Waals surface area contributed by atoms with Crippen LogP contribution < -0.4 is 0 Å². The van der Waals surface area contributed by atoms with Gasteiger partial charge in [0.15, 0.2) is 5.78 Å². The van der Waals surface area contributed by atoms with Crippen molar-refractivity contribution in [2.75, 3.05) is 5.33 Å². The number of rotatable bonds is 3. The number of nitriles is 1. The predicted molar refractivity (Wildman–Crippen MR) is 60.7 cm³/mol. The van der Waals surface area contributed by atoms with E-state index in [1.165, 1.54) is 6.07 Å². The van der Waals surface area contributed by atoms with Crippen LogP contribution in [0.4, 0.5) is 5.69 Å². The average Bonchev–Trinajstić information content (AvgIpc) is 2.26. The molecule has 0 atom stereocenters. The number of alkyl halides is 1. The van der Waals surface area contributed by atoms with Crippen LogP contribution in [0.1, 0.15) is 21.5 Å². The first-order valence-electron chi connectivity index (χ1n) is 4.29. The van der Waals surface area contributed by atoms with E-state index in [-0.39, 0.29) is 27.9 Å². The molecule has 0 radical (unpaired) electrons. The highest BCUT2D eigenvalue weighted by molar-refractivity contribution is 9.09. The molecule has 0 spiro atoms. The topological polar surface area (TPSA) is 84.0 Å². The lowest BCUT2D eigenvalue weighted by Crippen LogP contribution is -2.08. The number of nitro benzene ring substituents is 1. The Morgan fingerprint density at radius 3 is 2.69 bits per heavy atom. The lowest BCUT2D eigenvalue weighted by molar-refractivity contribution is -0.385. The molecule has 0 unspecified atom stereocenters. The Kier molecular flexibility index (Phi) is 3.74. The maximum absolute atomic E-state index is 11.5. The highest BCUT2D eigenvalue weighted by Gasteiger charge is 2.22. The Balaban J connectivity index is 3.53. The monoisotopic (exact) mass is 282 g/mol. The van der Waals surface area contributed by atoms with Gasteiger partial charge in [-0.15, -0.1) is 0 Å². The summed E-state index contributed by atoms with van der Waals surface area (Å²) in [6, 6.07) is 4.39. The lowest BCUT2D eigenvalue weighted by Gasteiger charge is -2.04. The molecular formula is C10H7BrN2O3. The van der Waals surface area contributed by atoms with Gasteiger partial charge >= 0.3 is 0 Å². The van der Waals surface area contributed by atoms with Crippen molar-refractivity contribution in [1.29, 1.82) is 5.26 Å². The van der Waals surface area contributed by atoms with Crippen LogP contribution in [0.5, 0.6) is 0 Å². The van der Waals surface area contributed by atoms with E-state index in [0.29, 0.717) is 5.56 Å². The third-order valence-electron chi connectivity index (χ3n) is 2.04. The minimum Gasteiger partial charge on any atom is -0.293 e. The van der Waals surface area contributed by atoms with Crippen molar-refractivity contribution in [3.8, 4) is 6.07 Å². The molecule has 1 aromatic rings. The van der Waals surface area contributed by atoms with Crippen molar-refractivity contribution < 1.29 is 9.72 Å². The molecule has 0 saturated carbocycles. The van der Waals surface area contributed by atoms with E-state index in [4.69, 9.17) is 5.26 Å². The lowest BCUT2D eigenvalue weighted by atomic mass is 10.0. The fourth-order valence-corrected chi connectivity index (χ4v) is 1.69. The van der Waals surface area contributed by atoms with Gasteiger partial charge in [-0.3, -0.25) is 14.9 Å². The number of carbonyl (C=O) groups excluding carboxylic acids is 1. The van der Waals surface area contributed by atoms with Crippen molar-refractivity contribution in [3.05, 3.63) is 38.9 Å². The number of hydrogen-bond acceptors (Lipinski definition) is 4. The summed E-state index contributed by atoms with van der Waals surface area (Å²) in [6.07, 6.45) is 0. The van der Waals surface area contributed by atoms with E-state index < -0.39 is 4.92 Å². The summed E-state index contributed by atoms with van der Waals surface area (Å²) in [5.74, 6) is -0.367. The molecule has 1 rings (SSSR count). The van der Waals surface area contributed by atoms with Crippen molar-refractivity contribution in [2.45, 2.75) is 6.92 Å². The van der Waals surface area contributed by atoms with E-state index in [1.807, 2.05) is 6.07 Å². The number of aryl methyl sites for hydroxylation is 1. The Hall–Kier alpha value is -1.74.